The summed E-state index contributed by atoms with van der Waals surface area (Å²) in [6, 6.07) is 14.2. The maximum atomic E-state index is 12.2. The molecule has 0 saturated heterocycles. The summed E-state index contributed by atoms with van der Waals surface area (Å²) < 4.78 is 0. The number of non-ortho nitro benzene ring substituents is 1. The number of nitro benzene ring substituents is 1. The first-order valence-corrected chi connectivity index (χ1v) is 8.50. The zero-order chi connectivity index (χ0) is 18.8. The van der Waals surface area contributed by atoms with Crippen LogP contribution in [0.4, 0.5) is 11.4 Å². The Morgan fingerprint density at radius 3 is 2.59 bits per heavy atom. The van der Waals surface area contributed by atoms with Gasteiger partial charge < -0.3 is 5.10 Å². The number of nitro groups is 1. The van der Waals surface area contributed by atoms with Gasteiger partial charge in [0.15, 0.2) is 0 Å². The minimum atomic E-state index is -0.418. The Morgan fingerprint density at radius 1 is 1.04 bits per heavy atom. The molecule has 2 aromatic carbocycles. The number of benzene rings is 2. The molecule has 0 unspecified atom stereocenters. The summed E-state index contributed by atoms with van der Waals surface area (Å²) in [5.74, 6) is 0. The van der Waals surface area contributed by atoms with Gasteiger partial charge in [0, 0.05) is 35.2 Å². The van der Waals surface area contributed by atoms with Crippen molar-refractivity contribution in [1.29, 1.82) is 0 Å². The van der Waals surface area contributed by atoms with Crippen molar-refractivity contribution in [3.8, 4) is 0 Å². The van der Waals surface area contributed by atoms with E-state index < -0.39 is 4.92 Å². The van der Waals surface area contributed by atoms with Crippen LogP contribution in [0.5, 0.6) is 0 Å². The number of nitrogens with zero attached hydrogens (tertiary/aromatic N) is 2. The topological polar surface area (TPSA) is 104 Å². The van der Waals surface area contributed by atoms with Crippen LogP contribution in [0, 0.1) is 10.1 Å². The van der Waals surface area contributed by atoms with Crippen molar-refractivity contribution in [2.45, 2.75) is 12.8 Å². The second kappa shape index (κ2) is 6.87. The lowest BCUT2D eigenvalue weighted by Gasteiger charge is -2.02. The van der Waals surface area contributed by atoms with E-state index in [0.717, 1.165) is 28.1 Å². The fraction of sp³-hybridized carbons (Fsp3) is 0.100. The number of aromatic amines is 2. The summed E-state index contributed by atoms with van der Waals surface area (Å²) in [5, 5.41) is 16.3. The minimum absolute atomic E-state index is 0.0680. The molecule has 7 heteroatoms. The molecule has 2 heterocycles. The van der Waals surface area contributed by atoms with E-state index in [1.807, 2.05) is 30.3 Å². The number of H-pyrrole nitrogens is 2. The summed E-state index contributed by atoms with van der Waals surface area (Å²) in [6.45, 7) is 0. The second-order valence-corrected chi connectivity index (χ2v) is 6.27. The van der Waals surface area contributed by atoms with E-state index in [1.165, 1.54) is 12.1 Å². The molecule has 0 fully saturated rings. The van der Waals surface area contributed by atoms with E-state index in [4.69, 9.17) is 0 Å². The fourth-order valence-corrected chi connectivity index (χ4v) is 3.12. The summed E-state index contributed by atoms with van der Waals surface area (Å²) in [5.41, 5.74) is 5.01. The van der Waals surface area contributed by atoms with E-state index in [-0.39, 0.29) is 11.2 Å². The predicted molar refractivity (Wildman–Crippen MR) is 104 cm³/mol. The third-order valence-electron chi connectivity index (χ3n) is 4.57. The van der Waals surface area contributed by atoms with E-state index in [2.05, 4.69) is 15.2 Å². The maximum Gasteiger partial charge on any atom is 0.271 e. The van der Waals surface area contributed by atoms with Crippen molar-refractivity contribution in [3.05, 3.63) is 91.4 Å². The molecule has 134 valence electrons. The van der Waals surface area contributed by atoms with Crippen LogP contribution in [-0.2, 0) is 12.8 Å². The summed E-state index contributed by atoms with van der Waals surface area (Å²) >= 11 is 0. The molecule has 4 rings (SSSR count). The lowest BCUT2D eigenvalue weighted by molar-refractivity contribution is -0.384. The average Bonchev–Trinajstić information content (AvgIpc) is 3.25. The van der Waals surface area contributed by atoms with Crippen LogP contribution in [0.15, 0.2) is 58.3 Å². The van der Waals surface area contributed by atoms with Crippen molar-refractivity contribution < 1.29 is 4.92 Å². The van der Waals surface area contributed by atoms with Gasteiger partial charge in [0.05, 0.1) is 16.2 Å². The lowest BCUT2D eigenvalue weighted by atomic mass is 10.0. The highest BCUT2D eigenvalue weighted by atomic mass is 16.6. The van der Waals surface area contributed by atoms with Crippen molar-refractivity contribution >= 4 is 29.2 Å². The number of aromatic nitrogens is 2. The van der Waals surface area contributed by atoms with Crippen LogP contribution in [0.3, 0.4) is 0 Å². The molecule has 0 spiro atoms. The Kier molecular flexibility index (Phi) is 4.25. The monoisotopic (exact) mass is 360 g/mol. The Bertz CT molecular complexity index is 1120. The van der Waals surface area contributed by atoms with Gasteiger partial charge in [-0.15, -0.1) is 0 Å². The number of aliphatic imine (C=N–C) groups is 1. The minimum Gasteiger partial charge on any atom is -0.302 e. The quantitative estimate of drug-likeness (QED) is 0.536. The molecule has 0 amide bonds. The van der Waals surface area contributed by atoms with Gasteiger partial charge in [-0.25, -0.2) is 0 Å². The normalized spacial score (nSPS) is 13.9. The van der Waals surface area contributed by atoms with Crippen molar-refractivity contribution in [3.63, 3.8) is 0 Å². The predicted octanol–water partition coefficient (Wildman–Crippen LogP) is 3.65. The Labute approximate surface area is 154 Å². The van der Waals surface area contributed by atoms with Crippen molar-refractivity contribution in [2.24, 2.45) is 4.99 Å². The maximum absolute atomic E-state index is 12.2. The van der Waals surface area contributed by atoms with Gasteiger partial charge in [-0.1, -0.05) is 30.3 Å². The van der Waals surface area contributed by atoms with Crippen molar-refractivity contribution in [2.75, 3.05) is 0 Å². The van der Waals surface area contributed by atoms with Crippen LogP contribution < -0.4 is 5.56 Å². The molecular formula is C20H16N4O3. The van der Waals surface area contributed by atoms with Crippen LogP contribution in [0.1, 0.15) is 22.4 Å². The van der Waals surface area contributed by atoms with Crippen LogP contribution in [0.2, 0.25) is 0 Å². The first kappa shape index (κ1) is 16.7. The van der Waals surface area contributed by atoms with E-state index in [1.54, 1.807) is 18.3 Å². The van der Waals surface area contributed by atoms with E-state index in [0.29, 0.717) is 18.4 Å². The molecule has 1 aliphatic heterocycles. The highest BCUT2D eigenvalue weighted by molar-refractivity contribution is 6.21. The van der Waals surface area contributed by atoms with Gasteiger partial charge in [0.25, 0.3) is 11.2 Å². The second-order valence-electron chi connectivity index (χ2n) is 6.27. The zero-order valence-corrected chi connectivity index (χ0v) is 14.3. The molecule has 27 heavy (non-hydrogen) atoms. The highest BCUT2D eigenvalue weighted by Crippen LogP contribution is 2.32. The molecule has 0 aliphatic carbocycles. The molecule has 0 bridgehead atoms. The number of para-hydroxylation sites is 1. The Morgan fingerprint density at radius 2 is 1.81 bits per heavy atom. The van der Waals surface area contributed by atoms with Gasteiger partial charge in [0.1, 0.15) is 0 Å². The largest absolute Gasteiger partial charge is 0.302 e. The number of hydrogen-bond acceptors (Lipinski definition) is 4. The van der Waals surface area contributed by atoms with Gasteiger partial charge in [-0.2, -0.15) is 0 Å². The molecule has 1 aromatic heterocycles. The summed E-state index contributed by atoms with van der Waals surface area (Å²) in [6.07, 6.45) is 4.87. The standard InChI is InChI=1S/C20H16N4O3/c25-20-17(11-14-12-21-18-4-2-1-3-16(14)18)19(22-23-20)10-7-13-5-8-15(9-6-13)24(26)27/h1-6,8-9,11-12H,7,10H2,(H2,22,23,25). The number of hydrogen-bond donors (Lipinski definition) is 2. The molecule has 1 aliphatic rings. The smallest absolute Gasteiger partial charge is 0.271 e. The molecular weight excluding hydrogens is 344 g/mol. The molecule has 0 radical (unpaired) electrons. The number of nitrogens with one attached hydrogen (secondary N) is 2. The number of rotatable bonds is 5. The van der Waals surface area contributed by atoms with Crippen LogP contribution >= 0.6 is 0 Å². The molecule has 0 atom stereocenters. The van der Waals surface area contributed by atoms with E-state index in [9.17, 15) is 14.9 Å². The van der Waals surface area contributed by atoms with Gasteiger partial charge in [-0.3, -0.25) is 25.0 Å². The summed E-state index contributed by atoms with van der Waals surface area (Å²) in [7, 11) is 0. The first-order chi connectivity index (χ1) is 13.1. The van der Waals surface area contributed by atoms with Gasteiger partial charge >= 0.3 is 0 Å². The highest BCUT2D eigenvalue weighted by Gasteiger charge is 2.14. The number of fused-ring (bicyclic) bond motifs is 1. The SMILES string of the molecule is O=c1[nH][nH]c(CCc2ccc([N+](=O)[O-])cc2)c1C=C1C=Nc2ccccc21. The molecule has 7 nitrogen and oxygen atoms in total. The zero-order valence-electron chi connectivity index (χ0n) is 14.3. The van der Waals surface area contributed by atoms with Crippen LogP contribution in [0.25, 0.3) is 11.6 Å². The van der Waals surface area contributed by atoms with Gasteiger partial charge in [0.2, 0.25) is 0 Å². The van der Waals surface area contributed by atoms with E-state index >= 15 is 0 Å². The molecule has 3 aromatic rings. The van der Waals surface area contributed by atoms with Crippen LogP contribution in [-0.4, -0.2) is 21.3 Å². The number of aryl methyl sites for hydroxylation is 2. The third-order valence-corrected chi connectivity index (χ3v) is 4.57. The Balaban J connectivity index is 1.56. The van der Waals surface area contributed by atoms with Crippen molar-refractivity contribution in [1.82, 2.24) is 10.2 Å². The molecule has 2 N–H and O–H groups in total. The summed E-state index contributed by atoms with van der Waals surface area (Å²) in [4.78, 5) is 26.9. The fourth-order valence-electron chi connectivity index (χ4n) is 3.12. The average molecular weight is 360 g/mol. The third kappa shape index (κ3) is 3.35. The van der Waals surface area contributed by atoms with Gasteiger partial charge in [-0.05, 0) is 30.5 Å². The number of allylic oxidation sites excluding steroid dienone is 1. The Hall–Kier alpha value is -3.74. The lowest BCUT2D eigenvalue weighted by Crippen LogP contribution is -2.03. The first-order valence-electron chi connectivity index (χ1n) is 8.50. The molecule has 0 saturated carbocycles.